The number of para-hydroxylation sites is 1. The minimum Gasteiger partial charge on any atom is -0.481 e. The molecule has 0 bridgehead atoms. The number of nitrogens with zero attached hydrogens (tertiary/aromatic N) is 3. The number of anilines is 2. The van der Waals surface area contributed by atoms with Crippen LogP contribution in [0.5, 0.6) is 5.75 Å². The van der Waals surface area contributed by atoms with Gasteiger partial charge < -0.3 is 20.7 Å². The van der Waals surface area contributed by atoms with Crippen molar-refractivity contribution < 1.29 is 19.2 Å². The van der Waals surface area contributed by atoms with Gasteiger partial charge in [-0.15, -0.1) is 0 Å². The summed E-state index contributed by atoms with van der Waals surface area (Å²) in [6.45, 7) is 1.08. The predicted octanol–water partition coefficient (Wildman–Crippen LogP) is 2.86. The van der Waals surface area contributed by atoms with Crippen LogP contribution in [0, 0.1) is 16.0 Å². The molecular weight excluding hydrogens is 426 g/mol. The van der Waals surface area contributed by atoms with Crippen LogP contribution in [-0.4, -0.2) is 41.4 Å². The summed E-state index contributed by atoms with van der Waals surface area (Å²) in [5, 5.41) is 14.4. The van der Waals surface area contributed by atoms with Crippen LogP contribution in [0.1, 0.15) is 12.8 Å². The third-order valence-corrected chi connectivity index (χ3v) is 5.59. The van der Waals surface area contributed by atoms with Gasteiger partial charge >= 0.3 is 0 Å². The molecule has 0 radical (unpaired) electrons. The smallest absolute Gasteiger partial charge is 0.271 e. The molecule has 3 aromatic rings. The zero-order valence-corrected chi connectivity index (χ0v) is 17.8. The summed E-state index contributed by atoms with van der Waals surface area (Å²) in [5.41, 5.74) is 6.24. The highest BCUT2D eigenvalue weighted by Gasteiger charge is 2.24. The van der Waals surface area contributed by atoms with Gasteiger partial charge in [0.2, 0.25) is 5.91 Å². The van der Waals surface area contributed by atoms with Gasteiger partial charge in [-0.25, -0.2) is 4.98 Å². The van der Waals surface area contributed by atoms with Crippen LogP contribution in [-0.2, 0) is 9.59 Å². The lowest BCUT2D eigenvalue weighted by molar-refractivity contribution is -0.384. The Morgan fingerprint density at radius 3 is 2.64 bits per heavy atom. The minimum absolute atomic E-state index is 0.106. The SMILES string of the molecule is NC(=O)C1CCN(c2ccc3cccc(OCC(=O)Nc4cccc([N+](=O)[O-])c4)c3n2)CC1. The molecule has 0 saturated carbocycles. The molecule has 1 fully saturated rings. The number of non-ortho nitro benzene ring substituents is 1. The molecule has 2 amide bonds. The van der Waals surface area contributed by atoms with Gasteiger partial charge in [0.15, 0.2) is 6.61 Å². The van der Waals surface area contributed by atoms with Crippen LogP contribution in [0.3, 0.4) is 0 Å². The van der Waals surface area contributed by atoms with E-state index in [0.29, 0.717) is 42.9 Å². The van der Waals surface area contributed by atoms with Crippen molar-refractivity contribution in [2.75, 3.05) is 29.9 Å². The number of ether oxygens (including phenoxy) is 1. The van der Waals surface area contributed by atoms with Crippen molar-refractivity contribution in [3.63, 3.8) is 0 Å². The van der Waals surface area contributed by atoms with Gasteiger partial charge in [0, 0.05) is 42.2 Å². The third-order valence-electron chi connectivity index (χ3n) is 5.59. The lowest BCUT2D eigenvalue weighted by atomic mass is 9.96. The summed E-state index contributed by atoms with van der Waals surface area (Å²) in [7, 11) is 0. The lowest BCUT2D eigenvalue weighted by Crippen LogP contribution is -2.38. The van der Waals surface area contributed by atoms with Gasteiger partial charge in [-0.1, -0.05) is 18.2 Å². The summed E-state index contributed by atoms with van der Waals surface area (Å²) >= 11 is 0. The number of nitrogens with one attached hydrogen (secondary N) is 1. The van der Waals surface area contributed by atoms with Crippen molar-refractivity contribution in [3.8, 4) is 5.75 Å². The van der Waals surface area contributed by atoms with Gasteiger partial charge in [0.1, 0.15) is 17.1 Å². The second kappa shape index (κ2) is 9.51. The Bertz CT molecular complexity index is 1210. The Balaban J connectivity index is 1.45. The molecule has 2 heterocycles. The van der Waals surface area contributed by atoms with E-state index in [-0.39, 0.29) is 24.1 Å². The van der Waals surface area contributed by atoms with Crippen LogP contribution in [0.4, 0.5) is 17.2 Å². The number of hydrogen-bond donors (Lipinski definition) is 2. The van der Waals surface area contributed by atoms with Gasteiger partial charge in [0.05, 0.1) is 4.92 Å². The molecule has 0 unspecified atom stereocenters. The highest BCUT2D eigenvalue weighted by molar-refractivity contribution is 5.93. The Hall–Kier alpha value is -4.21. The van der Waals surface area contributed by atoms with Crippen LogP contribution >= 0.6 is 0 Å². The molecule has 4 rings (SSSR count). The molecular formula is C23H23N5O5. The van der Waals surface area contributed by atoms with Crippen LogP contribution in [0.2, 0.25) is 0 Å². The number of primary amides is 1. The van der Waals surface area contributed by atoms with Gasteiger partial charge in [0.25, 0.3) is 11.6 Å². The standard InChI is InChI=1S/C23H23N5O5/c24-23(30)16-9-11-27(12-10-16)20-8-7-15-3-1-6-19(22(15)26-20)33-14-21(29)25-17-4-2-5-18(13-17)28(31)32/h1-8,13,16H,9-12,14H2,(H2,24,30)(H,25,29). The van der Waals surface area contributed by atoms with E-state index < -0.39 is 10.8 Å². The quantitative estimate of drug-likeness (QED) is 0.417. The van der Waals surface area contributed by atoms with E-state index in [9.17, 15) is 19.7 Å². The van der Waals surface area contributed by atoms with Gasteiger partial charge in [-0.2, -0.15) is 0 Å². The third kappa shape index (κ3) is 5.17. The topological polar surface area (TPSA) is 141 Å². The summed E-state index contributed by atoms with van der Waals surface area (Å²) in [6, 6.07) is 15.0. The number of aromatic nitrogens is 1. The maximum absolute atomic E-state index is 12.3. The Labute approximate surface area is 189 Å². The summed E-state index contributed by atoms with van der Waals surface area (Å²) in [5.74, 6) is 0.403. The molecule has 170 valence electrons. The second-order valence-corrected chi connectivity index (χ2v) is 7.81. The normalized spacial score (nSPS) is 14.1. The maximum atomic E-state index is 12.3. The highest BCUT2D eigenvalue weighted by atomic mass is 16.6. The highest BCUT2D eigenvalue weighted by Crippen LogP contribution is 2.28. The number of nitro groups is 1. The van der Waals surface area contributed by atoms with Crippen LogP contribution in [0.15, 0.2) is 54.6 Å². The molecule has 10 nitrogen and oxygen atoms in total. The average molecular weight is 449 g/mol. The minimum atomic E-state index is -0.526. The van der Waals surface area contributed by atoms with E-state index in [0.717, 1.165) is 11.2 Å². The largest absolute Gasteiger partial charge is 0.481 e. The molecule has 1 aliphatic heterocycles. The Morgan fingerprint density at radius 2 is 1.91 bits per heavy atom. The average Bonchev–Trinajstić information content (AvgIpc) is 2.82. The number of carbonyl (C=O) groups excluding carboxylic acids is 2. The first-order valence-corrected chi connectivity index (χ1v) is 10.5. The van der Waals surface area contributed by atoms with Crippen molar-refractivity contribution in [2.24, 2.45) is 11.7 Å². The number of nitrogens with two attached hydrogens (primary N) is 1. The molecule has 0 aliphatic carbocycles. The van der Waals surface area contributed by atoms with Crippen molar-refractivity contribution in [1.29, 1.82) is 0 Å². The summed E-state index contributed by atoms with van der Waals surface area (Å²) in [6.07, 6.45) is 1.37. The second-order valence-electron chi connectivity index (χ2n) is 7.81. The number of amides is 2. The fraction of sp³-hybridized carbons (Fsp3) is 0.261. The summed E-state index contributed by atoms with van der Waals surface area (Å²) < 4.78 is 5.73. The fourth-order valence-electron chi connectivity index (χ4n) is 3.83. The predicted molar refractivity (Wildman–Crippen MR) is 123 cm³/mol. The molecule has 2 aromatic carbocycles. The maximum Gasteiger partial charge on any atom is 0.271 e. The monoisotopic (exact) mass is 449 g/mol. The number of nitro benzene ring substituents is 1. The number of carbonyl (C=O) groups is 2. The molecule has 10 heteroatoms. The molecule has 1 saturated heterocycles. The zero-order valence-electron chi connectivity index (χ0n) is 17.8. The lowest BCUT2D eigenvalue weighted by Gasteiger charge is -2.31. The first kappa shape index (κ1) is 22.0. The van der Waals surface area contributed by atoms with E-state index in [2.05, 4.69) is 10.2 Å². The fourth-order valence-corrected chi connectivity index (χ4v) is 3.83. The van der Waals surface area contributed by atoms with Gasteiger partial charge in [-0.05, 0) is 37.1 Å². The Kier molecular flexibility index (Phi) is 6.34. The van der Waals surface area contributed by atoms with E-state index in [1.165, 1.54) is 18.2 Å². The summed E-state index contributed by atoms with van der Waals surface area (Å²) in [4.78, 5) is 41.0. The number of hydrogen-bond acceptors (Lipinski definition) is 7. The van der Waals surface area contributed by atoms with E-state index in [1.807, 2.05) is 24.3 Å². The molecule has 3 N–H and O–H groups in total. The van der Waals surface area contributed by atoms with Crippen LogP contribution in [0.25, 0.3) is 10.9 Å². The molecule has 1 aromatic heterocycles. The number of rotatable bonds is 7. The van der Waals surface area contributed by atoms with E-state index in [1.54, 1.807) is 12.1 Å². The van der Waals surface area contributed by atoms with Crippen molar-refractivity contribution >= 4 is 39.9 Å². The number of benzene rings is 2. The first-order chi connectivity index (χ1) is 15.9. The number of fused-ring (bicyclic) bond motifs is 1. The molecule has 33 heavy (non-hydrogen) atoms. The van der Waals surface area contributed by atoms with Gasteiger partial charge in [-0.3, -0.25) is 19.7 Å². The van der Waals surface area contributed by atoms with Crippen molar-refractivity contribution in [2.45, 2.75) is 12.8 Å². The van der Waals surface area contributed by atoms with Crippen molar-refractivity contribution in [3.05, 3.63) is 64.7 Å². The number of piperidine rings is 1. The zero-order chi connectivity index (χ0) is 23.4. The van der Waals surface area contributed by atoms with E-state index >= 15 is 0 Å². The van der Waals surface area contributed by atoms with Crippen molar-refractivity contribution in [1.82, 2.24) is 4.98 Å². The molecule has 0 spiro atoms. The Morgan fingerprint density at radius 1 is 1.15 bits per heavy atom. The van der Waals surface area contributed by atoms with E-state index in [4.69, 9.17) is 15.5 Å². The molecule has 1 aliphatic rings. The first-order valence-electron chi connectivity index (χ1n) is 10.5. The van der Waals surface area contributed by atoms with Crippen LogP contribution < -0.4 is 20.7 Å². The number of pyridine rings is 1. The molecule has 0 atom stereocenters.